The zero-order valence-corrected chi connectivity index (χ0v) is 9.93. The van der Waals surface area contributed by atoms with Gasteiger partial charge in [-0.25, -0.2) is 8.42 Å². The standard InChI is InChI=1S/C10H17NO3S/c1-9-10(2)14-7-5-3-4-6-8-15(12,13)11-9/h6,8,11H,3-5,7H2,1-2H3/b8-6+,10-9-. The molecule has 0 saturated carbocycles. The van der Waals surface area contributed by atoms with Crippen molar-refractivity contribution < 1.29 is 13.2 Å². The molecule has 0 aromatic heterocycles. The zero-order chi connectivity index (χ0) is 11.3. The van der Waals surface area contributed by atoms with Gasteiger partial charge in [-0.1, -0.05) is 6.08 Å². The first kappa shape index (κ1) is 12.1. The summed E-state index contributed by atoms with van der Waals surface area (Å²) in [5.74, 6) is 0.633. The molecule has 0 aromatic carbocycles. The summed E-state index contributed by atoms with van der Waals surface area (Å²) in [4.78, 5) is 0. The van der Waals surface area contributed by atoms with E-state index in [1.165, 1.54) is 5.41 Å². The molecule has 1 aliphatic rings. The Kier molecular flexibility index (Phi) is 4.20. The summed E-state index contributed by atoms with van der Waals surface area (Å²) in [6, 6.07) is 0. The number of sulfonamides is 1. The molecule has 1 aliphatic heterocycles. The Hall–Kier alpha value is -0.970. The second-order valence-corrected chi connectivity index (χ2v) is 5.11. The van der Waals surface area contributed by atoms with Crippen molar-refractivity contribution >= 4 is 10.0 Å². The van der Waals surface area contributed by atoms with E-state index < -0.39 is 10.0 Å². The molecule has 86 valence electrons. The summed E-state index contributed by atoms with van der Waals surface area (Å²) in [6.07, 6.45) is 4.33. The molecular weight excluding hydrogens is 214 g/mol. The fraction of sp³-hybridized carbons (Fsp3) is 0.600. The van der Waals surface area contributed by atoms with Crippen LogP contribution in [0.5, 0.6) is 0 Å². The quantitative estimate of drug-likeness (QED) is 0.692. The third-order valence-corrected chi connectivity index (χ3v) is 3.32. The average molecular weight is 231 g/mol. The van der Waals surface area contributed by atoms with E-state index >= 15 is 0 Å². The van der Waals surface area contributed by atoms with Gasteiger partial charge in [-0.3, -0.25) is 4.72 Å². The highest BCUT2D eigenvalue weighted by Crippen LogP contribution is 2.08. The maximum atomic E-state index is 11.5. The third-order valence-electron chi connectivity index (χ3n) is 2.18. The largest absolute Gasteiger partial charge is 0.496 e. The summed E-state index contributed by atoms with van der Waals surface area (Å²) in [7, 11) is -3.35. The number of hydrogen-bond donors (Lipinski definition) is 1. The molecule has 0 aliphatic carbocycles. The molecule has 0 spiro atoms. The Morgan fingerprint density at radius 3 is 2.80 bits per heavy atom. The number of nitrogens with one attached hydrogen (secondary N) is 1. The van der Waals surface area contributed by atoms with Crippen molar-refractivity contribution in [3.8, 4) is 0 Å². The number of rotatable bonds is 0. The summed E-state index contributed by atoms with van der Waals surface area (Å²) in [5, 5.41) is 1.22. The van der Waals surface area contributed by atoms with Gasteiger partial charge in [0.1, 0.15) is 5.76 Å². The van der Waals surface area contributed by atoms with Gasteiger partial charge in [0.15, 0.2) is 0 Å². The van der Waals surface area contributed by atoms with E-state index in [-0.39, 0.29) is 0 Å². The van der Waals surface area contributed by atoms with Crippen LogP contribution >= 0.6 is 0 Å². The fourth-order valence-electron chi connectivity index (χ4n) is 1.21. The van der Waals surface area contributed by atoms with Crippen LogP contribution in [0.4, 0.5) is 0 Å². The van der Waals surface area contributed by atoms with Crippen LogP contribution in [-0.4, -0.2) is 15.0 Å². The first-order valence-electron chi connectivity index (χ1n) is 5.01. The molecule has 0 saturated heterocycles. The van der Waals surface area contributed by atoms with E-state index in [1.54, 1.807) is 19.9 Å². The first-order valence-corrected chi connectivity index (χ1v) is 6.55. The highest BCUT2D eigenvalue weighted by molar-refractivity contribution is 7.92. The predicted octanol–water partition coefficient (Wildman–Crippen LogP) is 1.87. The van der Waals surface area contributed by atoms with E-state index in [0.717, 1.165) is 19.3 Å². The van der Waals surface area contributed by atoms with Gasteiger partial charge >= 0.3 is 0 Å². The highest BCUT2D eigenvalue weighted by Gasteiger charge is 2.08. The molecule has 1 rings (SSSR count). The molecule has 1 N–H and O–H groups in total. The third kappa shape index (κ3) is 4.38. The van der Waals surface area contributed by atoms with Crippen molar-refractivity contribution in [2.45, 2.75) is 33.1 Å². The van der Waals surface area contributed by atoms with Crippen molar-refractivity contribution in [2.75, 3.05) is 6.61 Å². The normalized spacial score (nSPS) is 29.5. The molecular formula is C10H17NO3S. The van der Waals surface area contributed by atoms with Crippen LogP contribution in [0.3, 0.4) is 0 Å². The maximum Gasteiger partial charge on any atom is 0.254 e. The molecule has 0 radical (unpaired) electrons. The minimum Gasteiger partial charge on any atom is -0.496 e. The molecule has 0 fully saturated rings. The summed E-state index contributed by atoms with van der Waals surface area (Å²) >= 11 is 0. The Morgan fingerprint density at radius 2 is 2.07 bits per heavy atom. The van der Waals surface area contributed by atoms with Crippen molar-refractivity contribution in [3.05, 3.63) is 22.9 Å². The summed E-state index contributed by atoms with van der Waals surface area (Å²) in [6.45, 7) is 4.09. The molecule has 0 amide bonds. The smallest absolute Gasteiger partial charge is 0.254 e. The van der Waals surface area contributed by atoms with Gasteiger partial charge in [0, 0.05) is 5.41 Å². The lowest BCUT2D eigenvalue weighted by Gasteiger charge is -2.10. The first-order chi connectivity index (χ1) is 7.01. The maximum absolute atomic E-state index is 11.5. The van der Waals surface area contributed by atoms with Crippen LogP contribution in [0.2, 0.25) is 0 Å². The fourth-order valence-corrected chi connectivity index (χ4v) is 2.24. The van der Waals surface area contributed by atoms with E-state index in [2.05, 4.69) is 4.72 Å². The van der Waals surface area contributed by atoms with Crippen molar-refractivity contribution in [3.63, 3.8) is 0 Å². The second-order valence-electron chi connectivity index (χ2n) is 3.54. The Morgan fingerprint density at radius 1 is 1.33 bits per heavy atom. The molecule has 0 atom stereocenters. The van der Waals surface area contributed by atoms with Gasteiger partial charge in [0.05, 0.1) is 12.3 Å². The van der Waals surface area contributed by atoms with Crippen molar-refractivity contribution in [1.29, 1.82) is 0 Å². The zero-order valence-electron chi connectivity index (χ0n) is 9.12. The lowest BCUT2D eigenvalue weighted by Crippen LogP contribution is -2.20. The molecule has 15 heavy (non-hydrogen) atoms. The van der Waals surface area contributed by atoms with Crippen LogP contribution in [0.1, 0.15) is 33.1 Å². The van der Waals surface area contributed by atoms with Gasteiger partial charge in [-0.15, -0.1) is 0 Å². The van der Waals surface area contributed by atoms with Gasteiger partial charge < -0.3 is 4.74 Å². The van der Waals surface area contributed by atoms with E-state index in [1.807, 2.05) is 0 Å². The molecule has 4 nitrogen and oxygen atoms in total. The van der Waals surface area contributed by atoms with Gasteiger partial charge in [-0.2, -0.15) is 0 Å². The van der Waals surface area contributed by atoms with E-state index in [4.69, 9.17) is 4.74 Å². The average Bonchev–Trinajstić information content (AvgIpc) is 2.15. The monoisotopic (exact) mass is 231 g/mol. The highest BCUT2D eigenvalue weighted by atomic mass is 32.2. The SMILES string of the molecule is C/C1=C(\C)OCCCC/C=C/S(=O)(=O)N1. The Balaban J connectivity index is 2.87. The van der Waals surface area contributed by atoms with Gasteiger partial charge in [-0.05, 0) is 33.1 Å². The van der Waals surface area contributed by atoms with Crippen molar-refractivity contribution in [1.82, 2.24) is 4.72 Å². The Bertz CT molecular complexity index is 368. The van der Waals surface area contributed by atoms with Crippen LogP contribution in [0.15, 0.2) is 22.9 Å². The van der Waals surface area contributed by atoms with Gasteiger partial charge in [0.2, 0.25) is 0 Å². The predicted molar refractivity (Wildman–Crippen MR) is 59.4 cm³/mol. The van der Waals surface area contributed by atoms with Crippen molar-refractivity contribution in [2.24, 2.45) is 0 Å². The van der Waals surface area contributed by atoms with Crippen LogP contribution in [0, 0.1) is 0 Å². The molecule has 0 aromatic rings. The van der Waals surface area contributed by atoms with E-state index in [0.29, 0.717) is 18.1 Å². The lowest BCUT2D eigenvalue weighted by molar-refractivity contribution is 0.204. The van der Waals surface area contributed by atoms with Crippen LogP contribution < -0.4 is 4.72 Å². The van der Waals surface area contributed by atoms with E-state index in [9.17, 15) is 8.42 Å². The molecule has 0 unspecified atom stereocenters. The van der Waals surface area contributed by atoms with Crippen LogP contribution in [-0.2, 0) is 14.8 Å². The topological polar surface area (TPSA) is 55.4 Å². The molecule has 5 heteroatoms. The number of allylic oxidation sites excluding steroid dienone is 3. The van der Waals surface area contributed by atoms with Crippen LogP contribution in [0.25, 0.3) is 0 Å². The lowest BCUT2D eigenvalue weighted by atomic mass is 10.2. The minimum atomic E-state index is -3.35. The Labute approximate surface area is 91.1 Å². The minimum absolute atomic E-state index is 0.543. The summed E-state index contributed by atoms with van der Waals surface area (Å²) < 4.78 is 30.8. The number of ether oxygens (including phenoxy) is 1. The molecule has 0 bridgehead atoms. The van der Waals surface area contributed by atoms with Gasteiger partial charge in [0.25, 0.3) is 10.0 Å². The summed E-state index contributed by atoms with van der Waals surface area (Å²) in [5.41, 5.74) is 0.543. The molecule has 1 heterocycles. The number of hydrogen-bond acceptors (Lipinski definition) is 3. The second kappa shape index (κ2) is 5.21.